The van der Waals surface area contributed by atoms with Gasteiger partial charge >= 0.3 is 0 Å². The van der Waals surface area contributed by atoms with Crippen molar-refractivity contribution in [1.29, 1.82) is 5.26 Å². The molecule has 1 fully saturated rings. The number of aromatic nitrogens is 2. The van der Waals surface area contributed by atoms with E-state index < -0.39 is 10.0 Å². The average molecular weight is 535 g/mol. The molecule has 0 bridgehead atoms. The molecule has 1 atom stereocenters. The number of hydrogen-bond donors (Lipinski definition) is 2. The topological polar surface area (TPSA) is 134 Å². The zero-order valence-electron chi connectivity index (χ0n) is 20.4. The molecule has 5 rings (SSSR count). The van der Waals surface area contributed by atoms with Gasteiger partial charge in [-0.1, -0.05) is 12.1 Å². The molecule has 0 amide bonds. The van der Waals surface area contributed by atoms with E-state index in [4.69, 9.17) is 19.8 Å². The largest absolute Gasteiger partial charge is 0.437 e. The first-order valence-electron chi connectivity index (χ1n) is 11.7. The first-order chi connectivity index (χ1) is 17.7. The van der Waals surface area contributed by atoms with Crippen LogP contribution < -0.4 is 15.2 Å². The van der Waals surface area contributed by atoms with Gasteiger partial charge in [-0.25, -0.2) is 18.5 Å². The molecule has 3 heterocycles. The molecule has 0 radical (unpaired) electrons. The number of rotatable bonds is 7. The minimum Gasteiger partial charge on any atom is -0.437 e. The van der Waals surface area contributed by atoms with E-state index in [1.54, 1.807) is 24.3 Å². The van der Waals surface area contributed by atoms with Gasteiger partial charge in [0.2, 0.25) is 21.9 Å². The van der Waals surface area contributed by atoms with Crippen LogP contribution in [0.4, 0.5) is 5.95 Å². The van der Waals surface area contributed by atoms with E-state index >= 15 is 0 Å². The van der Waals surface area contributed by atoms with Crippen LogP contribution in [-0.4, -0.2) is 42.4 Å². The summed E-state index contributed by atoms with van der Waals surface area (Å²) in [6, 6.07) is 14.6. The number of nitriles is 1. The van der Waals surface area contributed by atoms with Gasteiger partial charge in [0, 0.05) is 25.7 Å². The summed E-state index contributed by atoms with van der Waals surface area (Å²) in [5.74, 6) is 1.69. The van der Waals surface area contributed by atoms with Crippen LogP contribution in [0, 0.1) is 25.2 Å². The van der Waals surface area contributed by atoms with E-state index in [1.165, 1.54) is 11.3 Å². The van der Waals surface area contributed by atoms with Gasteiger partial charge in [-0.3, -0.25) is 4.90 Å². The lowest BCUT2D eigenvalue weighted by Crippen LogP contribution is -2.26. The normalized spacial score (nSPS) is 16.1. The van der Waals surface area contributed by atoms with Gasteiger partial charge in [0.05, 0.1) is 22.0 Å². The van der Waals surface area contributed by atoms with Crippen molar-refractivity contribution in [2.24, 2.45) is 5.14 Å². The van der Waals surface area contributed by atoms with E-state index in [-0.39, 0.29) is 10.9 Å². The highest BCUT2D eigenvalue weighted by Crippen LogP contribution is 2.35. The SMILES string of the molecule is Cc1cc(C#N)cc(C)c1Oc1nc(N[C@@H]2CCN(Cc3ccc(S(N)(=O)=O)cc3)C2)nc2ccsc12. The molecule has 9 nitrogen and oxygen atoms in total. The zero-order valence-corrected chi connectivity index (χ0v) is 22.1. The van der Waals surface area contributed by atoms with Crippen LogP contribution in [-0.2, 0) is 16.6 Å². The van der Waals surface area contributed by atoms with Crippen molar-refractivity contribution in [1.82, 2.24) is 14.9 Å². The number of nitrogens with one attached hydrogen (secondary N) is 1. The Morgan fingerprint density at radius 3 is 2.59 bits per heavy atom. The smallest absolute Gasteiger partial charge is 0.242 e. The Hall–Kier alpha value is -3.56. The Labute approximate surface area is 219 Å². The zero-order chi connectivity index (χ0) is 26.2. The summed E-state index contributed by atoms with van der Waals surface area (Å²) >= 11 is 1.52. The molecule has 0 unspecified atom stereocenters. The Balaban J connectivity index is 1.30. The fourth-order valence-corrected chi connectivity index (χ4v) is 5.83. The lowest BCUT2D eigenvalue weighted by molar-refractivity contribution is 0.328. The van der Waals surface area contributed by atoms with Crippen LogP contribution in [0.25, 0.3) is 10.2 Å². The summed E-state index contributed by atoms with van der Waals surface area (Å²) in [5.41, 5.74) is 4.18. The highest BCUT2D eigenvalue weighted by Gasteiger charge is 2.24. The van der Waals surface area contributed by atoms with E-state index in [0.29, 0.717) is 29.7 Å². The number of ether oxygens (including phenoxy) is 1. The van der Waals surface area contributed by atoms with Crippen LogP contribution >= 0.6 is 11.3 Å². The summed E-state index contributed by atoms with van der Waals surface area (Å²) in [4.78, 5) is 11.8. The van der Waals surface area contributed by atoms with Crippen molar-refractivity contribution in [3.05, 3.63) is 70.1 Å². The number of sulfonamides is 1. The van der Waals surface area contributed by atoms with E-state index in [9.17, 15) is 13.7 Å². The molecule has 4 aromatic rings. The number of fused-ring (bicyclic) bond motifs is 1. The van der Waals surface area contributed by atoms with Crippen molar-refractivity contribution < 1.29 is 13.2 Å². The van der Waals surface area contributed by atoms with Crippen molar-refractivity contribution in [2.45, 2.75) is 37.8 Å². The number of anilines is 1. The van der Waals surface area contributed by atoms with Crippen LogP contribution in [0.3, 0.4) is 0 Å². The van der Waals surface area contributed by atoms with E-state index in [1.807, 2.05) is 37.4 Å². The van der Waals surface area contributed by atoms with Crippen LogP contribution in [0.5, 0.6) is 11.6 Å². The maximum absolute atomic E-state index is 11.5. The molecule has 3 N–H and O–H groups in total. The summed E-state index contributed by atoms with van der Waals surface area (Å²) < 4.78 is 30.1. The van der Waals surface area contributed by atoms with Crippen molar-refractivity contribution in [3.8, 4) is 17.7 Å². The van der Waals surface area contributed by atoms with Gasteiger partial charge in [-0.15, -0.1) is 11.3 Å². The standard InChI is InChI=1S/C26H26N6O3S2/c1-16-11-19(13-27)12-17(2)23(16)35-25-24-22(8-10-36-24)30-26(31-25)29-20-7-9-32(15-20)14-18-3-5-21(6-4-18)37(28,33)34/h3-6,8,10-12,20H,7,9,14-15H2,1-2H3,(H2,28,33,34)(H,29,30,31)/t20-/m1/s1. The molecule has 0 aliphatic carbocycles. The molecular weight excluding hydrogens is 508 g/mol. The summed E-state index contributed by atoms with van der Waals surface area (Å²) in [7, 11) is -3.69. The predicted molar refractivity (Wildman–Crippen MR) is 143 cm³/mol. The second kappa shape index (κ2) is 10.1. The van der Waals surface area contributed by atoms with E-state index in [2.05, 4.69) is 16.3 Å². The lowest BCUT2D eigenvalue weighted by atomic mass is 10.1. The van der Waals surface area contributed by atoms with Crippen molar-refractivity contribution in [3.63, 3.8) is 0 Å². The Kier molecular flexibility index (Phi) is 6.83. The Morgan fingerprint density at radius 2 is 1.92 bits per heavy atom. The third kappa shape index (κ3) is 5.57. The number of benzene rings is 2. The molecule has 37 heavy (non-hydrogen) atoms. The quantitative estimate of drug-likeness (QED) is 0.358. The Morgan fingerprint density at radius 1 is 1.19 bits per heavy atom. The monoisotopic (exact) mass is 534 g/mol. The van der Waals surface area contributed by atoms with Crippen LogP contribution in [0.2, 0.25) is 0 Å². The van der Waals surface area contributed by atoms with Crippen LogP contribution in [0.1, 0.15) is 28.7 Å². The lowest BCUT2D eigenvalue weighted by Gasteiger charge is -2.17. The number of nitrogens with two attached hydrogens (primary N) is 1. The molecule has 2 aromatic carbocycles. The fraction of sp³-hybridized carbons (Fsp3) is 0.269. The molecule has 190 valence electrons. The first-order valence-corrected chi connectivity index (χ1v) is 14.2. The summed E-state index contributed by atoms with van der Waals surface area (Å²) in [6.45, 7) is 6.24. The summed E-state index contributed by atoms with van der Waals surface area (Å²) in [5, 5.41) is 19.9. The minimum absolute atomic E-state index is 0.114. The van der Waals surface area contributed by atoms with E-state index in [0.717, 1.165) is 46.4 Å². The third-order valence-corrected chi connectivity index (χ3v) is 8.15. The van der Waals surface area contributed by atoms with Crippen molar-refractivity contribution in [2.75, 3.05) is 18.4 Å². The van der Waals surface area contributed by atoms with Gasteiger partial charge in [-0.05, 0) is 72.7 Å². The molecule has 1 aliphatic rings. The number of nitrogens with zero attached hydrogens (tertiary/aromatic N) is 4. The molecule has 11 heteroatoms. The highest BCUT2D eigenvalue weighted by molar-refractivity contribution is 7.89. The fourth-order valence-electron chi connectivity index (χ4n) is 4.56. The van der Waals surface area contributed by atoms with Gasteiger partial charge < -0.3 is 10.1 Å². The number of primary sulfonamides is 1. The maximum Gasteiger partial charge on any atom is 0.242 e. The molecule has 0 saturated carbocycles. The van der Waals surface area contributed by atoms with Crippen molar-refractivity contribution >= 4 is 37.5 Å². The number of aryl methyl sites for hydroxylation is 2. The average Bonchev–Trinajstić information content (AvgIpc) is 3.50. The van der Waals surface area contributed by atoms with Gasteiger partial charge in [-0.2, -0.15) is 10.2 Å². The predicted octanol–water partition coefficient (Wildman–Crippen LogP) is 4.31. The minimum atomic E-state index is -3.69. The Bertz CT molecular complexity index is 1590. The summed E-state index contributed by atoms with van der Waals surface area (Å²) in [6.07, 6.45) is 0.921. The second-order valence-corrected chi connectivity index (χ2v) is 11.7. The highest BCUT2D eigenvalue weighted by atomic mass is 32.2. The first kappa shape index (κ1) is 25.1. The maximum atomic E-state index is 11.5. The third-order valence-electron chi connectivity index (χ3n) is 6.32. The van der Waals surface area contributed by atoms with Gasteiger partial charge in [0.1, 0.15) is 10.4 Å². The van der Waals surface area contributed by atoms with Gasteiger partial charge in [0.25, 0.3) is 0 Å². The molecule has 1 saturated heterocycles. The number of thiophene rings is 1. The number of likely N-dealkylation sites (tertiary alicyclic amines) is 1. The molecular formula is C26H26N6O3S2. The van der Waals surface area contributed by atoms with Crippen LogP contribution in [0.15, 0.2) is 52.7 Å². The molecule has 1 aliphatic heterocycles. The second-order valence-electron chi connectivity index (χ2n) is 9.19. The number of hydrogen-bond acceptors (Lipinski definition) is 9. The molecule has 2 aromatic heterocycles. The molecule has 0 spiro atoms. The van der Waals surface area contributed by atoms with Gasteiger partial charge in [0.15, 0.2) is 0 Å².